The summed E-state index contributed by atoms with van der Waals surface area (Å²) in [5.74, 6) is 0.423. The van der Waals surface area contributed by atoms with Crippen LogP contribution in [0.4, 0.5) is 5.69 Å². The molecule has 1 aliphatic rings. The molecule has 2 rings (SSSR count). The third-order valence-electron chi connectivity index (χ3n) is 3.18. The number of hydrogen-bond donors (Lipinski definition) is 0. The zero-order valence-corrected chi connectivity index (χ0v) is 13.7. The first-order valence-electron chi connectivity index (χ1n) is 6.38. The van der Waals surface area contributed by atoms with Gasteiger partial charge in [0, 0.05) is 30.5 Å². The molecule has 6 nitrogen and oxygen atoms in total. The van der Waals surface area contributed by atoms with E-state index in [0.29, 0.717) is 19.0 Å². The monoisotopic (exact) mass is 379 g/mol. The third kappa shape index (κ3) is 4.06. The van der Waals surface area contributed by atoms with Crippen LogP contribution in [0.25, 0.3) is 0 Å². The van der Waals surface area contributed by atoms with E-state index in [1.54, 1.807) is 7.11 Å². The zero-order valence-electron chi connectivity index (χ0n) is 11.3. The van der Waals surface area contributed by atoms with Crippen LogP contribution < -0.4 is 4.74 Å². The lowest BCUT2D eigenvalue weighted by molar-refractivity contribution is -0.384. The minimum absolute atomic E-state index is 0.0628. The second-order valence-electron chi connectivity index (χ2n) is 4.61. The second kappa shape index (κ2) is 7.40. The van der Waals surface area contributed by atoms with Crippen molar-refractivity contribution < 1.29 is 19.1 Å². The van der Waals surface area contributed by atoms with Crippen molar-refractivity contribution in [3.8, 4) is 5.75 Å². The summed E-state index contributed by atoms with van der Waals surface area (Å²) in [6.45, 7) is 0.998. The Morgan fingerprint density at radius 1 is 1.48 bits per heavy atom. The van der Waals surface area contributed by atoms with Gasteiger partial charge in [-0.1, -0.05) is 27.5 Å². The first-order valence-corrected chi connectivity index (χ1v) is 7.67. The van der Waals surface area contributed by atoms with Crippen molar-refractivity contribution in [1.82, 2.24) is 0 Å². The van der Waals surface area contributed by atoms with Crippen LogP contribution in [-0.2, 0) is 9.47 Å². The van der Waals surface area contributed by atoms with Crippen molar-refractivity contribution in [3.63, 3.8) is 0 Å². The molecule has 0 aromatic heterocycles. The van der Waals surface area contributed by atoms with Crippen LogP contribution in [0.15, 0.2) is 18.2 Å². The van der Waals surface area contributed by atoms with Gasteiger partial charge in [-0.15, -0.1) is 0 Å². The van der Waals surface area contributed by atoms with Crippen molar-refractivity contribution in [2.24, 2.45) is 0 Å². The van der Waals surface area contributed by atoms with E-state index in [9.17, 15) is 10.1 Å². The van der Waals surface area contributed by atoms with Crippen molar-refractivity contribution in [2.45, 2.75) is 23.5 Å². The van der Waals surface area contributed by atoms with Crippen molar-refractivity contribution in [3.05, 3.63) is 33.3 Å². The molecule has 1 aromatic carbocycles. The highest BCUT2D eigenvalue weighted by Crippen LogP contribution is 2.37. The molecule has 0 aliphatic heterocycles. The molecule has 1 fully saturated rings. The minimum Gasteiger partial charge on any atom is -0.486 e. The van der Waals surface area contributed by atoms with Gasteiger partial charge in [0.15, 0.2) is 0 Å². The molecule has 8 heteroatoms. The minimum atomic E-state index is -0.496. The summed E-state index contributed by atoms with van der Waals surface area (Å²) < 4.78 is 16.4. The number of methoxy groups -OCH3 is 1. The molecule has 3 unspecified atom stereocenters. The fourth-order valence-corrected chi connectivity index (χ4v) is 3.06. The third-order valence-corrected chi connectivity index (χ3v) is 4.37. The molecule has 0 amide bonds. The number of ether oxygens (including phenoxy) is 3. The number of alkyl halides is 1. The van der Waals surface area contributed by atoms with Gasteiger partial charge in [0.1, 0.15) is 18.0 Å². The fraction of sp³-hybridized carbons (Fsp3) is 0.538. The quantitative estimate of drug-likeness (QED) is 0.314. The molecular formula is C13H15BrClNO5. The van der Waals surface area contributed by atoms with Crippen LogP contribution in [-0.4, -0.2) is 42.3 Å². The Morgan fingerprint density at radius 2 is 2.24 bits per heavy atom. The van der Waals surface area contributed by atoms with Gasteiger partial charge >= 0.3 is 0 Å². The predicted octanol–water partition coefficient (Wildman–Crippen LogP) is 3.19. The average molecular weight is 381 g/mol. The lowest BCUT2D eigenvalue weighted by Crippen LogP contribution is -2.52. The Kier molecular flexibility index (Phi) is 5.80. The van der Waals surface area contributed by atoms with Gasteiger partial charge < -0.3 is 14.2 Å². The van der Waals surface area contributed by atoms with E-state index in [4.69, 9.17) is 25.8 Å². The van der Waals surface area contributed by atoms with Crippen molar-refractivity contribution in [1.29, 1.82) is 0 Å². The number of nitro groups is 1. The zero-order chi connectivity index (χ0) is 15.4. The van der Waals surface area contributed by atoms with Gasteiger partial charge in [-0.2, -0.15) is 0 Å². The largest absolute Gasteiger partial charge is 0.486 e. The van der Waals surface area contributed by atoms with E-state index < -0.39 is 4.92 Å². The maximum absolute atomic E-state index is 10.7. The van der Waals surface area contributed by atoms with Crippen LogP contribution in [0.3, 0.4) is 0 Å². The fourth-order valence-electron chi connectivity index (χ4n) is 1.98. The highest BCUT2D eigenvalue weighted by Gasteiger charge is 2.42. The standard InChI is InChI=1S/C13H15BrClNO5/c1-19-4-5-20-13-9(14)7-12(13)21-11-3-2-8(16(17)18)6-10(11)15/h2-3,6,9,12-13H,4-5,7H2,1H3. The van der Waals surface area contributed by atoms with E-state index in [1.165, 1.54) is 18.2 Å². The number of halogens is 2. The van der Waals surface area contributed by atoms with E-state index in [-0.39, 0.29) is 27.7 Å². The first kappa shape index (κ1) is 16.5. The van der Waals surface area contributed by atoms with Gasteiger partial charge in [0.25, 0.3) is 5.69 Å². The predicted molar refractivity (Wildman–Crippen MR) is 81.5 cm³/mol. The van der Waals surface area contributed by atoms with Crippen LogP contribution in [0, 0.1) is 10.1 Å². The lowest BCUT2D eigenvalue weighted by atomic mass is 9.91. The molecule has 0 radical (unpaired) electrons. The Bertz CT molecular complexity index is 515. The Morgan fingerprint density at radius 3 is 2.81 bits per heavy atom. The van der Waals surface area contributed by atoms with E-state index in [1.807, 2.05) is 0 Å². The Labute approximate surface area is 135 Å². The molecular weight excluding hydrogens is 366 g/mol. The van der Waals surface area contributed by atoms with Gasteiger partial charge in [-0.05, 0) is 6.07 Å². The summed E-state index contributed by atoms with van der Waals surface area (Å²) in [6.07, 6.45) is 0.557. The molecule has 116 valence electrons. The number of non-ortho nitro benzene ring substituents is 1. The molecule has 0 heterocycles. The van der Waals surface area contributed by atoms with Crippen molar-refractivity contribution in [2.75, 3.05) is 20.3 Å². The molecule has 1 saturated carbocycles. The summed E-state index contributed by atoms with van der Waals surface area (Å²) in [6, 6.07) is 4.16. The molecule has 0 saturated heterocycles. The topological polar surface area (TPSA) is 70.8 Å². The lowest BCUT2D eigenvalue weighted by Gasteiger charge is -2.41. The van der Waals surface area contributed by atoms with E-state index in [0.717, 1.165) is 6.42 Å². The molecule has 0 spiro atoms. The van der Waals surface area contributed by atoms with E-state index >= 15 is 0 Å². The Hall–Kier alpha value is -0.890. The molecule has 0 bridgehead atoms. The van der Waals surface area contributed by atoms with Gasteiger partial charge in [-0.3, -0.25) is 10.1 Å². The average Bonchev–Trinajstić information content (AvgIpc) is 2.44. The SMILES string of the molecule is COCCOC1C(Br)CC1Oc1ccc([N+](=O)[O-])cc1Cl. The molecule has 1 aromatic rings. The number of benzene rings is 1. The summed E-state index contributed by atoms with van der Waals surface area (Å²) in [5, 5.41) is 10.9. The summed E-state index contributed by atoms with van der Waals surface area (Å²) in [5.41, 5.74) is -0.0628. The molecule has 0 N–H and O–H groups in total. The number of nitro benzene ring substituents is 1. The van der Waals surface area contributed by atoms with E-state index in [2.05, 4.69) is 15.9 Å². The summed E-state index contributed by atoms with van der Waals surface area (Å²) >= 11 is 9.52. The first-order chi connectivity index (χ1) is 10.0. The van der Waals surface area contributed by atoms with Crippen LogP contribution in [0.5, 0.6) is 5.75 Å². The number of rotatable bonds is 7. The smallest absolute Gasteiger partial charge is 0.271 e. The molecule has 21 heavy (non-hydrogen) atoms. The van der Waals surface area contributed by atoms with Crippen LogP contribution in [0.2, 0.25) is 5.02 Å². The second-order valence-corrected chi connectivity index (χ2v) is 6.19. The summed E-state index contributed by atoms with van der Waals surface area (Å²) in [4.78, 5) is 10.4. The van der Waals surface area contributed by atoms with Gasteiger partial charge in [0.2, 0.25) is 0 Å². The van der Waals surface area contributed by atoms with Crippen LogP contribution >= 0.6 is 27.5 Å². The summed E-state index contributed by atoms with van der Waals surface area (Å²) in [7, 11) is 1.61. The normalized spacial score (nSPS) is 24.4. The molecule has 1 aliphatic carbocycles. The Balaban J connectivity index is 1.96. The highest BCUT2D eigenvalue weighted by molar-refractivity contribution is 9.09. The van der Waals surface area contributed by atoms with Crippen LogP contribution in [0.1, 0.15) is 6.42 Å². The maximum atomic E-state index is 10.7. The number of hydrogen-bond acceptors (Lipinski definition) is 5. The highest BCUT2D eigenvalue weighted by atomic mass is 79.9. The van der Waals surface area contributed by atoms with Crippen molar-refractivity contribution >= 4 is 33.2 Å². The number of nitrogens with zero attached hydrogens (tertiary/aromatic N) is 1. The van der Waals surface area contributed by atoms with Gasteiger partial charge in [0.05, 0.1) is 23.2 Å². The van der Waals surface area contributed by atoms with Gasteiger partial charge in [-0.25, -0.2) is 0 Å². The molecule has 3 atom stereocenters. The maximum Gasteiger partial charge on any atom is 0.271 e.